The molecular weight excluding hydrogens is 329 g/mol. The van der Waals surface area contributed by atoms with Crippen molar-refractivity contribution in [3.8, 4) is 0 Å². The minimum Gasteiger partial charge on any atom is -0.318 e. The number of alkyl halides is 6. The van der Waals surface area contributed by atoms with E-state index in [2.05, 4.69) is 5.32 Å². The largest absolute Gasteiger partial charge is 0.403 e. The van der Waals surface area contributed by atoms with Crippen LogP contribution in [0.4, 0.5) is 26.3 Å². The van der Waals surface area contributed by atoms with Crippen LogP contribution < -0.4 is 5.32 Å². The Kier molecular flexibility index (Phi) is 7.15. The number of nitrogens with one attached hydrogen (secondary N) is 1. The van der Waals surface area contributed by atoms with E-state index in [4.69, 9.17) is 9.79 Å². The van der Waals surface area contributed by atoms with Crippen LogP contribution in [-0.4, -0.2) is 52.5 Å². The van der Waals surface area contributed by atoms with E-state index in [1.54, 1.807) is 0 Å². The summed E-state index contributed by atoms with van der Waals surface area (Å²) in [6, 6.07) is -3.61. The smallest absolute Gasteiger partial charge is 0.318 e. The molecule has 1 unspecified atom stereocenters. The topological polar surface area (TPSA) is 72.8 Å². The Labute approximate surface area is 117 Å². The summed E-state index contributed by atoms with van der Waals surface area (Å²) in [4.78, 5) is 18.2. The fraction of sp³-hybridized carbons (Fsp3) is 1.00. The van der Waals surface area contributed by atoms with Crippen LogP contribution in [0.25, 0.3) is 0 Å². The van der Waals surface area contributed by atoms with E-state index >= 15 is 0 Å². The lowest BCUT2D eigenvalue weighted by atomic mass is 10.1. The Bertz CT molecular complexity index is 353. The van der Waals surface area contributed by atoms with Gasteiger partial charge in [0.15, 0.2) is 0 Å². The molecule has 21 heavy (non-hydrogen) atoms. The fourth-order valence-corrected chi connectivity index (χ4v) is 3.20. The highest BCUT2D eigenvalue weighted by Gasteiger charge is 2.47. The lowest BCUT2D eigenvalue weighted by molar-refractivity contribution is -0.173. The van der Waals surface area contributed by atoms with E-state index < -0.39 is 45.0 Å². The van der Waals surface area contributed by atoms with E-state index in [1.807, 2.05) is 0 Å². The summed E-state index contributed by atoms with van der Waals surface area (Å²) in [6.07, 6.45) is -13.9. The lowest BCUT2D eigenvalue weighted by Crippen LogP contribution is -2.47. The number of halogens is 6. The number of likely N-dealkylation sites (N-methyl/N-ethyl adjacent to an activating group) is 1. The highest BCUT2D eigenvalue weighted by Crippen LogP contribution is 2.47. The highest BCUT2D eigenvalue weighted by molar-refractivity contribution is 7.49. The predicted molar refractivity (Wildman–Crippen MR) is 62.4 cm³/mol. The molecule has 0 amide bonds. The van der Waals surface area contributed by atoms with Crippen LogP contribution in [0, 0.1) is 0 Å². The maximum Gasteiger partial charge on any atom is 0.403 e. The third kappa shape index (κ3) is 8.62. The van der Waals surface area contributed by atoms with Gasteiger partial charge in [-0.1, -0.05) is 0 Å². The molecule has 3 N–H and O–H groups in total. The second-order valence-corrected chi connectivity index (χ2v) is 6.08. The van der Waals surface area contributed by atoms with Gasteiger partial charge in [-0.3, -0.25) is 0 Å². The average Bonchev–Trinajstić information content (AvgIpc) is 2.08. The highest BCUT2D eigenvalue weighted by atomic mass is 31.2. The molecule has 0 spiro atoms. The molecule has 0 aliphatic carbocycles. The first-order valence-electron chi connectivity index (χ1n) is 5.80. The van der Waals surface area contributed by atoms with Gasteiger partial charge in [0.05, 0.1) is 12.8 Å². The van der Waals surface area contributed by atoms with Crippen LogP contribution in [0.2, 0.25) is 0 Å². The molecule has 128 valence electrons. The zero-order valence-corrected chi connectivity index (χ0v) is 12.1. The van der Waals surface area contributed by atoms with Crippen molar-refractivity contribution in [2.75, 3.05) is 13.6 Å². The van der Waals surface area contributed by atoms with Crippen molar-refractivity contribution in [3.63, 3.8) is 0 Å². The molecule has 0 aliphatic rings. The van der Waals surface area contributed by atoms with Crippen molar-refractivity contribution in [2.24, 2.45) is 0 Å². The van der Waals surface area contributed by atoms with Gasteiger partial charge in [-0.2, -0.15) is 26.3 Å². The first-order valence-corrected chi connectivity index (χ1v) is 7.36. The SMILES string of the molecule is CNCC(C)N(C(CC(F)(F)F)CC(F)(F)F)P(=O)(O)O. The van der Waals surface area contributed by atoms with Crippen molar-refractivity contribution in [1.82, 2.24) is 9.99 Å². The van der Waals surface area contributed by atoms with Gasteiger partial charge in [-0.15, -0.1) is 0 Å². The van der Waals surface area contributed by atoms with E-state index in [0.717, 1.165) is 6.92 Å². The zero-order valence-electron chi connectivity index (χ0n) is 11.2. The van der Waals surface area contributed by atoms with Gasteiger partial charge in [0.25, 0.3) is 0 Å². The van der Waals surface area contributed by atoms with Crippen molar-refractivity contribution in [1.29, 1.82) is 0 Å². The molecule has 12 heteroatoms. The van der Waals surface area contributed by atoms with Crippen LogP contribution in [0.1, 0.15) is 19.8 Å². The standard InChI is InChI=1S/C9H17F6N2O3P/c1-6(5-16-2)17(21(18,19)20)7(3-8(10,11)12)4-9(13,14)15/h6-7,16H,3-5H2,1-2H3,(H2,18,19,20). The Morgan fingerprint density at radius 2 is 1.48 bits per heavy atom. The zero-order chi connectivity index (χ0) is 17.1. The molecule has 5 nitrogen and oxygen atoms in total. The minimum atomic E-state index is -5.30. The monoisotopic (exact) mass is 346 g/mol. The van der Waals surface area contributed by atoms with Gasteiger partial charge in [0.2, 0.25) is 0 Å². The van der Waals surface area contributed by atoms with Gasteiger partial charge in [0.1, 0.15) is 0 Å². The molecule has 0 fully saturated rings. The van der Waals surface area contributed by atoms with Crippen LogP contribution in [0.3, 0.4) is 0 Å². The molecule has 0 aromatic heterocycles. The Hall–Kier alpha value is -0.350. The van der Waals surface area contributed by atoms with Gasteiger partial charge in [0, 0.05) is 18.6 Å². The summed E-state index contributed by atoms with van der Waals surface area (Å²) in [5, 5.41) is 2.45. The molecular formula is C9H17F6N2O3P. The summed E-state index contributed by atoms with van der Waals surface area (Å²) in [6.45, 7) is 0.951. The Morgan fingerprint density at radius 3 is 1.71 bits per heavy atom. The fourth-order valence-electron chi connectivity index (χ4n) is 2.01. The average molecular weight is 346 g/mol. The van der Waals surface area contributed by atoms with Crippen LogP contribution in [-0.2, 0) is 4.57 Å². The minimum absolute atomic E-state index is 0.0233. The van der Waals surface area contributed by atoms with Crippen molar-refractivity contribution < 1.29 is 40.7 Å². The van der Waals surface area contributed by atoms with Gasteiger partial charge in [-0.25, -0.2) is 9.24 Å². The number of nitrogens with zero attached hydrogens (tertiary/aromatic N) is 1. The molecule has 0 aliphatic heterocycles. The van der Waals surface area contributed by atoms with Crippen molar-refractivity contribution in [2.45, 2.75) is 44.2 Å². The third-order valence-electron chi connectivity index (χ3n) is 2.56. The van der Waals surface area contributed by atoms with Crippen molar-refractivity contribution >= 4 is 7.75 Å². The molecule has 1 atom stereocenters. The lowest BCUT2D eigenvalue weighted by Gasteiger charge is -2.37. The van der Waals surface area contributed by atoms with E-state index in [0.29, 0.717) is 0 Å². The van der Waals surface area contributed by atoms with Gasteiger partial charge >= 0.3 is 20.1 Å². The normalized spacial score (nSPS) is 15.8. The molecule has 0 saturated carbocycles. The van der Waals surface area contributed by atoms with Crippen molar-refractivity contribution in [3.05, 3.63) is 0 Å². The van der Waals surface area contributed by atoms with E-state index in [9.17, 15) is 30.9 Å². The van der Waals surface area contributed by atoms with Crippen LogP contribution in [0.5, 0.6) is 0 Å². The second-order valence-electron chi connectivity index (χ2n) is 4.59. The van der Waals surface area contributed by atoms with Gasteiger partial charge < -0.3 is 15.1 Å². The maximum atomic E-state index is 12.4. The van der Waals surface area contributed by atoms with Crippen LogP contribution in [0.15, 0.2) is 0 Å². The summed E-state index contributed by atoms with van der Waals surface area (Å²) in [5.41, 5.74) is 0. The molecule has 0 bridgehead atoms. The molecule has 0 aromatic rings. The van der Waals surface area contributed by atoms with Gasteiger partial charge in [-0.05, 0) is 14.0 Å². The quantitative estimate of drug-likeness (QED) is 0.487. The van der Waals surface area contributed by atoms with Crippen LogP contribution >= 0.6 is 7.75 Å². The first-order chi connectivity index (χ1) is 9.17. The number of hydrogen-bond donors (Lipinski definition) is 3. The second kappa shape index (κ2) is 7.28. The summed E-state index contributed by atoms with van der Waals surface area (Å²) < 4.78 is 85.8. The summed E-state index contributed by atoms with van der Waals surface area (Å²) in [7, 11) is -3.94. The first kappa shape index (κ1) is 20.6. The third-order valence-corrected chi connectivity index (χ3v) is 3.88. The maximum absolute atomic E-state index is 12.4. The Morgan fingerprint density at radius 1 is 1.10 bits per heavy atom. The summed E-state index contributed by atoms with van der Waals surface area (Å²) in [5.74, 6) is 0. The number of hydrogen-bond acceptors (Lipinski definition) is 2. The van der Waals surface area contributed by atoms with E-state index in [1.165, 1.54) is 7.05 Å². The molecule has 0 aromatic carbocycles. The number of rotatable bonds is 7. The van der Waals surface area contributed by atoms with E-state index in [-0.39, 0.29) is 11.2 Å². The molecule has 0 rings (SSSR count). The predicted octanol–water partition coefficient (Wildman–Crippen LogP) is 2.26. The molecule has 0 radical (unpaired) electrons. The Balaban J connectivity index is 5.51. The summed E-state index contributed by atoms with van der Waals surface area (Å²) >= 11 is 0. The molecule has 0 saturated heterocycles. The molecule has 0 heterocycles.